The minimum Gasteiger partial charge on any atom is -0.493 e. The lowest BCUT2D eigenvalue weighted by Crippen LogP contribution is -2.12. The van der Waals surface area contributed by atoms with E-state index in [4.69, 9.17) is 19.9 Å². The van der Waals surface area contributed by atoms with Crippen molar-refractivity contribution in [2.75, 3.05) is 33.5 Å². The highest BCUT2D eigenvalue weighted by atomic mass is 16.5. The standard InChI is InChI=1S/C14H21NO3/c1-16-14-8-11(4-6-15)2-3-13(14)18-10-12-5-7-17-9-12/h2-3,8,12H,4-7,9-10,15H2,1H3. The van der Waals surface area contributed by atoms with Gasteiger partial charge in [-0.2, -0.15) is 0 Å². The van der Waals surface area contributed by atoms with E-state index in [0.29, 0.717) is 19.1 Å². The van der Waals surface area contributed by atoms with Gasteiger partial charge in [0.15, 0.2) is 11.5 Å². The molecule has 1 unspecified atom stereocenters. The van der Waals surface area contributed by atoms with E-state index in [-0.39, 0.29) is 0 Å². The maximum Gasteiger partial charge on any atom is 0.161 e. The maximum atomic E-state index is 5.81. The number of methoxy groups -OCH3 is 1. The zero-order valence-electron chi connectivity index (χ0n) is 10.9. The van der Waals surface area contributed by atoms with E-state index >= 15 is 0 Å². The summed E-state index contributed by atoms with van der Waals surface area (Å²) in [7, 11) is 1.66. The lowest BCUT2D eigenvalue weighted by molar-refractivity contribution is 0.165. The van der Waals surface area contributed by atoms with Gasteiger partial charge in [0, 0.05) is 12.5 Å². The van der Waals surface area contributed by atoms with Crippen LogP contribution >= 0.6 is 0 Å². The summed E-state index contributed by atoms with van der Waals surface area (Å²) in [6.07, 6.45) is 1.93. The van der Waals surface area contributed by atoms with Crippen LogP contribution in [0.5, 0.6) is 11.5 Å². The first kappa shape index (κ1) is 13.2. The second-order valence-corrected chi connectivity index (χ2v) is 4.56. The zero-order chi connectivity index (χ0) is 12.8. The van der Waals surface area contributed by atoms with Gasteiger partial charge in [-0.15, -0.1) is 0 Å². The first-order valence-electron chi connectivity index (χ1n) is 6.41. The Balaban J connectivity index is 1.97. The van der Waals surface area contributed by atoms with E-state index in [1.54, 1.807) is 7.11 Å². The molecule has 100 valence electrons. The normalized spacial score (nSPS) is 18.9. The van der Waals surface area contributed by atoms with Gasteiger partial charge in [-0.1, -0.05) is 6.07 Å². The van der Waals surface area contributed by atoms with Crippen molar-refractivity contribution in [1.82, 2.24) is 0 Å². The highest BCUT2D eigenvalue weighted by Crippen LogP contribution is 2.29. The molecular weight excluding hydrogens is 230 g/mol. The highest BCUT2D eigenvalue weighted by molar-refractivity contribution is 5.43. The molecule has 4 heteroatoms. The minimum atomic E-state index is 0.499. The van der Waals surface area contributed by atoms with Crippen LogP contribution in [0.4, 0.5) is 0 Å². The van der Waals surface area contributed by atoms with Crippen LogP contribution in [0.3, 0.4) is 0 Å². The van der Waals surface area contributed by atoms with Crippen LogP contribution in [-0.2, 0) is 11.2 Å². The Kier molecular flexibility index (Phi) is 4.84. The lowest BCUT2D eigenvalue weighted by Gasteiger charge is -2.14. The van der Waals surface area contributed by atoms with Crippen molar-refractivity contribution in [1.29, 1.82) is 0 Å². The molecule has 1 heterocycles. The van der Waals surface area contributed by atoms with Crippen LogP contribution in [0.15, 0.2) is 18.2 Å². The number of benzene rings is 1. The average molecular weight is 251 g/mol. The second-order valence-electron chi connectivity index (χ2n) is 4.56. The van der Waals surface area contributed by atoms with Gasteiger partial charge in [-0.05, 0) is 37.1 Å². The van der Waals surface area contributed by atoms with Crippen molar-refractivity contribution < 1.29 is 14.2 Å². The molecule has 1 fully saturated rings. The molecule has 1 aromatic carbocycles. The summed E-state index contributed by atoms with van der Waals surface area (Å²) in [5.41, 5.74) is 6.72. The molecule has 2 rings (SSSR count). The third-order valence-corrected chi connectivity index (χ3v) is 3.16. The summed E-state index contributed by atoms with van der Waals surface area (Å²) in [6.45, 7) is 2.98. The molecule has 0 saturated carbocycles. The first-order chi connectivity index (χ1) is 8.83. The summed E-state index contributed by atoms with van der Waals surface area (Å²) >= 11 is 0. The second kappa shape index (κ2) is 6.61. The van der Waals surface area contributed by atoms with E-state index < -0.39 is 0 Å². The van der Waals surface area contributed by atoms with Crippen molar-refractivity contribution in [2.24, 2.45) is 11.7 Å². The van der Waals surface area contributed by atoms with Crippen LogP contribution in [0.25, 0.3) is 0 Å². The fraction of sp³-hybridized carbons (Fsp3) is 0.571. The van der Waals surface area contributed by atoms with Crippen molar-refractivity contribution in [2.45, 2.75) is 12.8 Å². The van der Waals surface area contributed by atoms with Gasteiger partial charge in [-0.25, -0.2) is 0 Å². The summed E-state index contributed by atoms with van der Waals surface area (Å²) in [4.78, 5) is 0. The molecular formula is C14H21NO3. The third-order valence-electron chi connectivity index (χ3n) is 3.16. The minimum absolute atomic E-state index is 0.499. The van der Waals surface area contributed by atoms with Gasteiger partial charge >= 0.3 is 0 Å². The number of nitrogens with two attached hydrogens (primary N) is 1. The van der Waals surface area contributed by atoms with Crippen molar-refractivity contribution >= 4 is 0 Å². The van der Waals surface area contributed by atoms with E-state index in [2.05, 4.69) is 0 Å². The van der Waals surface area contributed by atoms with E-state index in [0.717, 1.165) is 37.6 Å². The molecule has 4 nitrogen and oxygen atoms in total. The molecule has 1 aromatic rings. The molecule has 1 saturated heterocycles. The number of hydrogen-bond acceptors (Lipinski definition) is 4. The quantitative estimate of drug-likeness (QED) is 0.834. The Morgan fingerprint density at radius 3 is 2.94 bits per heavy atom. The van der Waals surface area contributed by atoms with Gasteiger partial charge in [0.1, 0.15) is 0 Å². The molecule has 2 N–H and O–H groups in total. The maximum absolute atomic E-state index is 5.81. The summed E-state index contributed by atoms with van der Waals surface area (Å²) in [5.74, 6) is 2.07. The van der Waals surface area contributed by atoms with Crippen LogP contribution in [0.1, 0.15) is 12.0 Å². The molecule has 0 aromatic heterocycles. The molecule has 0 radical (unpaired) electrons. The topological polar surface area (TPSA) is 53.7 Å². The number of rotatable bonds is 6. The molecule has 1 aliphatic heterocycles. The highest BCUT2D eigenvalue weighted by Gasteiger charge is 2.17. The lowest BCUT2D eigenvalue weighted by atomic mass is 10.1. The predicted octanol–water partition coefficient (Wildman–Crippen LogP) is 1.61. The summed E-state index contributed by atoms with van der Waals surface area (Å²) in [6, 6.07) is 5.99. The fourth-order valence-corrected chi connectivity index (χ4v) is 2.08. The van der Waals surface area contributed by atoms with Gasteiger partial charge in [0.05, 0.1) is 20.3 Å². The Bertz CT molecular complexity index is 375. The largest absolute Gasteiger partial charge is 0.493 e. The Morgan fingerprint density at radius 2 is 2.28 bits per heavy atom. The monoisotopic (exact) mass is 251 g/mol. The Labute approximate surface area is 108 Å². The van der Waals surface area contributed by atoms with Crippen molar-refractivity contribution in [3.05, 3.63) is 23.8 Å². The van der Waals surface area contributed by atoms with Crippen LogP contribution in [-0.4, -0.2) is 33.5 Å². The Morgan fingerprint density at radius 1 is 1.39 bits per heavy atom. The third kappa shape index (κ3) is 3.37. The molecule has 1 atom stereocenters. The number of hydrogen-bond donors (Lipinski definition) is 1. The molecule has 18 heavy (non-hydrogen) atoms. The smallest absolute Gasteiger partial charge is 0.161 e. The van der Waals surface area contributed by atoms with Crippen LogP contribution in [0.2, 0.25) is 0 Å². The first-order valence-corrected chi connectivity index (χ1v) is 6.41. The zero-order valence-corrected chi connectivity index (χ0v) is 10.9. The van der Waals surface area contributed by atoms with Gasteiger partial charge in [-0.3, -0.25) is 0 Å². The van der Waals surface area contributed by atoms with Crippen molar-refractivity contribution in [3.8, 4) is 11.5 Å². The fourth-order valence-electron chi connectivity index (χ4n) is 2.08. The van der Waals surface area contributed by atoms with Crippen LogP contribution < -0.4 is 15.2 Å². The molecule has 0 aliphatic carbocycles. The summed E-state index contributed by atoms with van der Waals surface area (Å²) < 4.78 is 16.5. The van der Waals surface area contributed by atoms with E-state index in [1.165, 1.54) is 5.56 Å². The SMILES string of the molecule is COc1cc(CCN)ccc1OCC1CCOC1. The summed E-state index contributed by atoms with van der Waals surface area (Å²) in [5, 5.41) is 0. The molecule has 0 amide bonds. The molecule has 0 spiro atoms. The predicted molar refractivity (Wildman–Crippen MR) is 70.2 cm³/mol. The van der Waals surface area contributed by atoms with Gasteiger partial charge in [0.2, 0.25) is 0 Å². The molecule has 1 aliphatic rings. The molecule has 0 bridgehead atoms. The van der Waals surface area contributed by atoms with Crippen molar-refractivity contribution in [3.63, 3.8) is 0 Å². The van der Waals surface area contributed by atoms with Gasteiger partial charge < -0.3 is 19.9 Å². The Hall–Kier alpha value is -1.26. The number of ether oxygens (including phenoxy) is 3. The average Bonchev–Trinajstić information content (AvgIpc) is 2.90. The van der Waals surface area contributed by atoms with Crippen LogP contribution in [0, 0.1) is 5.92 Å². The van der Waals surface area contributed by atoms with E-state index in [9.17, 15) is 0 Å². The van der Waals surface area contributed by atoms with E-state index in [1.807, 2.05) is 18.2 Å². The van der Waals surface area contributed by atoms with Gasteiger partial charge in [0.25, 0.3) is 0 Å².